The summed E-state index contributed by atoms with van der Waals surface area (Å²) in [5, 5.41) is 10.5. The van der Waals surface area contributed by atoms with E-state index in [1.807, 2.05) is 48.7 Å². The molecular weight excluding hydrogens is 286 g/mol. The van der Waals surface area contributed by atoms with Crippen molar-refractivity contribution in [1.82, 2.24) is 4.57 Å². The van der Waals surface area contributed by atoms with Gasteiger partial charge in [-0.2, -0.15) is 0 Å². The van der Waals surface area contributed by atoms with Crippen LogP contribution in [0.15, 0.2) is 59.4 Å². The summed E-state index contributed by atoms with van der Waals surface area (Å²) in [6, 6.07) is 17.1. The molecule has 0 atom stereocenters. The molecule has 3 heteroatoms. The zero-order valence-corrected chi connectivity index (χ0v) is 13.5. The van der Waals surface area contributed by atoms with Crippen LogP contribution in [0.4, 0.5) is 0 Å². The fourth-order valence-corrected chi connectivity index (χ4v) is 2.83. The van der Waals surface area contributed by atoms with Crippen LogP contribution in [0.1, 0.15) is 32.7 Å². The lowest BCUT2D eigenvalue weighted by Crippen LogP contribution is -2.21. The molecule has 2 aromatic carbocycles. The molecule has 1 saturated carbocycles. The lowest BCUT2D eigenvalue weighted by molar-refractivity contribution is 0.475. The van der Waals surface area contributed by atoms with Gasteiger partial charge in [-0.1, -0.05) is 44.2 Å². The Bertz CT molecular complexity index is 874. The third-order valence-electron chi connectivity index (χ3n) is 4.04. The summed E-state index contributed by atoms with van der Waals surface area (Å²) in [6.07, 6.45) is 2.14. The average Bonchev–Trinajstić information content (AvgIpc) is 3.42. The third-order valence-corrected chi connectivity index (χ3v) is 4.04. The highest BCUT2D eigenvalue weighted by Crippen LogP contribution is 2.36. The lowest BCUT2D eigenvalue weighted by Gasteiger charge is -2.12. The Morgan fingerprint density at radius 2 is 1.65 bits per heavy atom. The summed E-state index contributed by atoms with van der Waals surface area (Å²) >= 11 is 0. The average molecular weight is 307 g/mol. The van der Waals surface area contributed by atoms with Gasteiger partial charge in [-0.3, -0.25) is 4.79 Å². The molecule has 0 spiro atoms. The highest BCUT2D eigenvalue weighted by molar-refractivity contribution is 5.84. The zero-order chi connectivity index (χ0) is 16.4. The van der Waals surface area contributed by atoms with Crippen LogP contribution in [0.25, 0.3) is 22.0 Å². The number of hydrogen-bond donors (Lipinski definition) is 1. The van der Waals surface area contributed by atoms with Crippen LogP contribution in [-0.2, 0) is 0 Å². The topological polar surface area (TPSA) is 42.2 Å². The Labute approximate surface area is 135 Å². The summed E-state index contributed by atoms with van der Waals surface area (Å²) in [5.41, 5.74) is 2.60. The summed E-state index contributed by atoms with van der Waals surface area (Å²) < 4.78 is 1.93. The number of phenols is 1. The molecule has 4 rings (SSSR count). The van der Waals surface area contributed by atoms with Crippen LogP contribution in [-0.4, -0.2) is 9.67 Å². The second-order valence-electron chi connectivity index (χ2n) is 5.57. The van der Waals surface area contributed by atoms with Crippen molar-refractivity contribution in [3.8, 4) is 16.9 Å². The molecule has 23 heavy (non-hydrogen) atoms. The van der Waals surface area contributed by atoms with Gasteiger partial charge in [-0.25, -0.2) is 0 Å². The van der Waals surface area contributed by atoms with Crippen LogP contribution in [0.2, 0.25) is 0 Å². The van der Waals surface area contributed by atoms with Crippen molar-refractivity contribution in [2.45, 2.75) is 32.7 Å². The van der Waals surface area contributed by atoms with Crippen LogP contribution in [0.3, 0.4) is 0 Å². The number of aromatic hydroxyl groups is 1. The van der Waals surface area contributed by atoms with Gasteiger partial charge in [0.25, 0.3) is 5.56 Å². The smallest absolute Gasteiger partial charge is 0.259 e. The predicted molar refractivity (Wildman–Crippen MR) is 94.9 cm³/mol. The van der Waals surface area contributed by atoms with Gasteiger partial charge in [0.2, 0.25) is 0 Å². The molecule has 0 radical (unpaired) electrons. The van der Waals surface area contributed by atoms with E-state index in [4.69, 9.17) is 0 Å². The lowest BCUT2D eigenvalue weighted by atomic mass is 10.0. The number of benzene rings is 2. The minimum absolute atomic E-state index is 0.0573. The number of phenolic OH excluding ortho intramolecular Hbond substituents is 1. The Kier molecular flexibility index (Phi) is 4.20. The number of hydrogen-bond acceptors (Lipinski definition) is 2. The Morgan fingerprint density at radius 3 is 2.30 bits per heavy atom. The fourth-order valence-electron chi connectivity index (χ4n) is 2.83. The number of pyridine rings is 1. The molecule has 3 aromatic rings. The number of rotatable bonds is 2. The second kappa shape index (κ2) is 6.29. The molecule has 3 nitrogen and oxygen atoms in total. The molecule has 1 fully saturated rings. The highest BCUT2D eigenvalue weighted by atomic mass is 16.3. The van der Waals surface area contributed by atoms with E-state index in [-0.39, 0.29) is 11.3 Å². The van der Waals surface area contributed by atoms with Gasteiger partial charge >= 0.3 is 0 Å². The van der Waals surface area contributed by atoms with Crippen molar-refractivity contribution in [2.24, 2.45) is 0 Å². The molecule has 0 saturated heterocycles. The van der Waals surface area contributed by atoms with E-state index >= 15 is 0 Å². The van der Waals surface area contributed by atoms with Gasteiger partial charge < -0.3 is 9.67 Å². The highest BCUT2D eigenvalue weighted by Gasteiger charge is 2.27. The first-order valence-electron chi connectivity index (χ1n) is 8.18. The monoisotopic (exact) mass is 307 g/mol. The van der Waals surface area contributed by atoms with Gasteiger partial charge in [0.05, 0.1) is 5.52 Å². The van der Waals surface area contributed by atoms with Gasteiger partial charge in [0.15, 0.2) is 0 Å². The summed E-state index contributed by atoms with van der Waals surface area (Å²) in [6.45, 7) is 4.00. The summed E-state index contributed by atoms with van der Waals surface area (Å²) in [7, 11) is 0. The molecule has 0 unspecified atom stereocenters. The SMILES string of the molecule is CC.O=c1c(-c2ccc(O)cc2)cc2ccccc2n1C1CC1. The molecule has 0 bridgehead atoms. The van der Waals surface area contributed by atoms with E-state index in [0.29, 0.717) is 11.6 Å². The molecule has 118 valence electrons. The Balaban J connectivity index is 0.000000753. The number of aromatic nitrogens is 1. The van der Waals surface area contributed by atoms with Crippen LogP contribution >= 0.6 is 0 Å². The van der Waals surface area contributed by atoms with Gasteiger partial charge in [-0.05, 0) is 48.1 Å². The van der Waals surface area contributed by atoms with E-state index in [2.05, 4.69) is 0 Å². The standard InChI is InChI=1S/C18H15NO2.C2H6/c20-15-9-5-12(6-10-15)16-11-13-3-1-2-4-17(13)19(18(16)21)14-7-8-14;1-2/h1-6,9-11,14,20H,7-8H2;1-2H3. The first-order chi connectivity index (χ1) is 11.2. The van der Waals surface area contributed by atoms with E-state index in [1.165, 1.54) is 0 Å². The molecule has 1 aliphatic carbocycles. The van der Waals surface area contributed by atoms with E-state index in [1.54, 1.807) is 24.3 Å². The molecule has 1 aromatic heterocycles. The van der Waals surface area contributed by atoms with Gasteiger partial charge in [-0.15, -0.1) is 0 Å². The van der Waals surface area contributed by atoms with Crippen LogP contribution in [0, 0.1) is 0 Å². The fraction of sp³-hybridized carbons (Fsp3) is 0.250. The van der Waals surface area contributed by atoms with E-state index < -0.39 is 0 Å². The zero-order valence-electron chi connectivity index (χ0n) is 13.5. The molecule has 0 aliphatic heterocycles. The largest absolute Gasteiger partial charge is 0.508 e. The van der Waals surface area contributed by atoms with Crippen molar-refractivity contribution in [3.05, 3.63) is 65.0 Å². The normalized spacial score (nSPS) is 13.5. The quantitative estimate of drug-likeness (QED) is 0.743. The maximum Gasteiger partial charge on any atom is 0.259 e. The van der Waals surface area contributed by atoms with Gasteiger partial charge in [0, 0.05) is 11.6 Å². The second-order valence-corrected chi connectivity index (χ2v) is 5.57. The van der Waals surface area contributed by atoms with E-state index in [9.17, 15) is 9.90 Å². The van der Waals surface area contributed by atoms with Crippen molar-refractivity contribution < 1.29 is 5.11 Å². The van der Waals surface area contributed by atoms with Crippen molar-refractivity contribution in [3.63, 3.8) is 0 Å². The molecular formula is C20H21NO2. The van der Waals surface area contributed by atoms with Gasteiger partial charge in [0.1, 0.15) is 5.75 Å². The third kappa shape index (κ3) is 2.87. The number of para-hydroxylation sites is 1. The minimum atomic E-state index is 0.0573. The molecule has 1 aliphatic rings. The van der Waals surface area contributed by atoms with Crippen molar-refractivity contribution in [2.75, 3.05) is 0 Å². The molecule has 1 N–H and O–H groups in total. The van der Waals surface area contributed by atoms with Crippen LogP contribution < -0.4 is 5.56 Å². The Morgan fingerprint density at radius 1 is 1.00 bits per heavy atom. The summed E-state index contributed by atoms with van der Waals surface area (Å²) in [5.74, 6) is 0.210. The van der Waals surface area contributed by atoms with Crippen LogP contribution in [0.5, 0.6) is 5.75 Å². The first kappa shape index (κ1) is 15.3. The Hall–Kier alpha value is -2.55. The summed E-state index contributed by atoms with van der Waals surface area (Å²) in [4.78, 5) is 12.9. The molecule has 0 amide bonds. The van der Waals surface area contributed by atoms with Crippen molar-refractivity contribution in [1.29, 1.82) is 0 Å². The number of fused-ring (bicyclic) bond motifs is 1. The minimum Gasteiger partial charge on any atom is -0.508 e. The number of nitrogens with zero attached hydrogens (tertiary/aromatic N) is 1. The predicted octanol–water partition coefficient (Wildman–Crippen LogP) is 4.74. The van der Waals surface area contributed by atoms with Crippen molar-refractivity contribution >= 4 is 10.9 Å². The maximum absolute atomic E-state index is 12.9. The van der Waals surface area contributed by atoms with E-state index in [0.717, 1.165) is 29.3 Å². The molecule has 1 heterocycles. The first-order valence-corrected chi connectivity index (χ1v) is 8.18. The maximum atomic E-state index is 12.9.